The number of piperidine rings is 1. The standard InChI is InChI=1S/C25H30FNO4.C7H11NO/c1-5-16(3)23(28)21-12-17(10-11-18(21)6-2)15-30-24(29)27-19-8-7-9-20(13-19)31-22-14-25(22,4)26;1-5-3-4-7(9)8-6(5)2/h7-13,16,22H,5-6,14-15H2,1-4H3,(H,27,29);5H,2-4H2,1H3,(H,8,9). The van der Waals surface area contributed by atoms with Crippen molar-refractivity contribution in [3.8, 4) is 5.75 Å². The zero-order valence-corrected chi connectivity index (χ0v) is 24.1. The molecule has 0 bridgehead atoms. The molecule has 2 N–H and O–H groups in total. The molecule has 40 heavy (non-hydrogen) atoms. The Labute approximate surface area is 236 Å². The first-order valence-corrected chi connectivity index (χ1v) is 14.0. The number of ether oxygens (including phenoxy) is 2. The van der Waals surface area contributed by atoms with Gasteiger partial charge in [-0.2, -0.15) is 0 Å². The first kappa shape index (κ1) is 30.9. The van der Waals surface area contributed by atoms with E-state index in [0.717, 1.165) is 36.1 Å². The highest BCUT2D eigenvalue weighted by molar-refractivity contribution is 5.99. The second-order valence-electron chi connectivity index (χ2n) is 10.8. The lowest BCUT2D eigenvalue weighted by atomic mass is 9.91. The number of carbonyl (C=O) groups excluding carboxylic acids is 3. The van der Waals surface area contributed by atoms with Crippen LogP contribution in [-0.2, 0) is 22.6 Å². The molecule has 1 saturated carbocycles. The normalized spacial score (nSPS) is 22.2. The van der Waals surface area contributed by atoms with Crippen molar-refractivity contribution in [2.45, 2.75) is 85.1 Å². The average molecular weight is 553 g/mol. The first-order valence-electron chi connectivity index (χ1n) is 14.0. The fourth-order valence-corrected chi connectivity index (χ4v) is 4.17. The minimum Gasteiger partial charge on any atom is -0.487 e. The Hall–Kier alpha value is -3.68. The number of alkyl halides is 1. The molecule has 1 saturated heterocycles. The topological polar surface area (TPSA) is 93.7 Å². The van der Waals surface area contributed by atoms with E-state index >= 15 is 0 Å². The molecule has 4 unspecified atom stereocenters. The van der Waals surface area contributed by atoms with Gasteiger partial charge in [-0.25, -0.2) is 9.18 Å². The molecule has 0 radical (unpaired) electrons. The molecule has 0 aromatic heterocycles. The molecule has 1 heterocycles. The lowest BCUT2D eigenvalue weighted by Crippen LogP contribution is -2.30. The van der Waals surface area contributed by atoms with E-state index in [9.17, 15) is 18.8 Å². The fraction of sp³-hybridized carbons (Fsp3) is 0.469. The molecule has 2 aliphatic rings. The number of anilines is 1. The van der Waals surface area contributed by atoms with Gasteiger partial charge in [-0.1, -0.05) is 52.5 Å². The van der Waals surface area contributed by atoms with Crippen LogP contribution in [0.25, 0.3) is 0 Å². The van der Waals surface area contributed by atoms with E-state index in [1.165, 1.54) is 6.92 Å². The van der Waals surface area contributed by atoms with Crippen molar-refractivity contribution in [1.29, 1.82) is 0 Å². The molecule has 4 rings (SSSR count). The smallest absolute Gasteiger partial charge is 0.411 e. The highest BCUT2D eigenvalue weighted by atomic mass is 19.1. The number of amides is 2. The third-order valence-electron chi connectivity index (χ3n) is 7.40. The summed E-state index contributed by atoms with van der Waals surface area (Å²) in [6.07, 6.45) is 2.44. The van der Waals surface area contributed by atoms with Crippen molar-refractivity contribution in [2.75, 3.05) is 5.32 Å². The second kappa shape index (κ2) is 13.6. The van der Waals surface area contributed by atoms with Gasteiger partial charge in [-0.15, -0.1) is 0 Å². The maximum absolute atomic E-state index is 13.7. The molecular formula is C32H41FN2O5. The summed E-state index contributed by atoms with van der Waals surface area (Å²) in [5, 5.41) is 5.35. The van der Waals surface area contributed by atoms with Crippen LogP contribution < -0.4 is 15.4 Å². The summed E-state index contributed by atoms with van der Waals surface area (Å²) >= 11 is 0. The number of benzene rings is 2. The van der Waals surface area contributed by atoms with Gasteiger partial charge in [0.25, 0.3) is 0 Å². The number of rotatable bonds is 9. The molecule has 2 aromatic rings. The third kappa shape index (κ3) is 8.66. The maximum atomic E-state index is 13.7. The molecule has 7 nitrogen and oxygen atoms in total. The van der Waals surface area contributed by atoms with Crippen LogP contribution in [0.15, 0.2) is 54.7 Å². The van der Waals surface area contributed by atoms with Gasteiger partial charge in [0.15, 0.2) is 5.78 Å². The van der Waals surface area contributed by atoms with Crippen LogP contribution in [0.1, 0.15) is 81.8 Å². The lowest BCUT2D eigenvalue weighted by Gasteiger charge is -2.20. The van der Waals surface area contributed by atoms with Crippen molar-refractivity contribution in [3.05, 3.63) is 71.4 Å². The van der Waals surface area contributed by atoms with Crippen molar-refractivity contribution >= 4 is 23.5 Å². The monoisotopic (exact) mass is 552 g/mol. The number of nitrogens with one attached hydrogen (secondary N) is 2. The van der Waals surface area contributed by atoms with Crippen LogP contribution in [0.3, 0.4) is 0 Å². The summed E-state index contributed by atoms with van der Waals surface area (Å²) in [6, 6.07) is 12.4. The zero-order valence-electron chi connectivity index (χ0n) is 24.1. The second-order valence-corrected chi connectivity index (χ2v) is 10.8. The summed E-state index contributed by atoms with van der Waals surface area (Å²) in [5.41, 5.74) is 2.53. The SMILES string of the molecule is C=C1NC(=O)CCC1C.CCc1ccc(COC(=O)Nc2cccc(OC3CC3(C)F)c2)cc1C(=O)C(C)CC. The lowest BCUT2D eigenvalue weighted by molar-refractivity contribution is -0.121. The summed E-state index contributed by atoms with van der Waals surface area (Å²) in [6.45, 7) is 13.3. The van der Waals surface area contributed by atoms with Crippen LogP contribution in [-0.4, -0.2) is 29.6 Å². The Morgan fingerprint density at radius 3 is 2.55 bits per heavy atom. The highest BCUT2D eigenvalue weighted by Crippen LogP contribution is 2.42. The number of halogens is 1. The minimum atomic E-state index is -1.29. The summed E-state index contributed by atoms with van der Waals surface area (Å²) in [4.78, 5) is 35.6. The summed E-state index contributed by atoms with van der Waals surface area (Å²) < 4.78 is 24.6. The van der Waals surface area contributed by atoms with Gasteiger partial charge in [0, 0.05) is 41.8 Å². The Balaban J connectivity index is 0.000000415. The molecule has 1 aliphatic carbocycles. The van der Waals surface area contributed by atoms with E-state index in [4.69, 9.17) is 9.47 Å². The van der Waals surface area contributed by atoms with Crippen LogP contribution >= 0.6 is 0 Å². The zero-order chi connectivity index (χ0) is 29.4. The highest BCUT2D eigenvalue weighted by Gasteiger charge is 2.53. The Morgan fingerprint density at radius 2 is 1.95 bits per heavy atom. The summed E-state index contributed by atoms with van der Waals surface area (Å²) in [5.74, 6) is 1.13. The number of ketones is 1. The van der Waals surface area contributed by atoms with Crippen molar-refractivity contribution in [1.82, 2.24) is 5.32 Å². The molecule has 1 aliphatic heterocycles. The van der Waals surface area contributed by atoms with Gasteiger partial charge < -0.3 is 14.8 Å². The Kier molecular flexibility index (Phi) is 10.5. The molecule has 216 valence electrons. The van der Waals surface area contributed by atoms with Crippen molar-refractivity contribution in [3.63, 3.8) is 0 Å². The molecule has 2 fully saturated rings. The first-order chi connectivity index (χ1) is 18.9. The van der Waals surface area contributed by atoms with Gasteiger partial charge in [0.2, 0.25) is 5.91 Å². The van der Waals surface area contributed by atoms with Crippen LogP contribution in [0.2, 0.25) is 0 Å². The number of hydrogen-bond acceptors (Lipinski definition) is 5. The number of carbonyl (C=O) groups is 3. The molecule has 4 atom stereocenters. The number of allylic oxidation sites excluding steroid dienone is 1. The van der Waals surface area contributed by atoms with Crippen molar-refractivity contribution < 1.29 is 28.2 Å². The quantitative estimate of drug-likeness (QED) is 0.322. The minimum absolute atomic E-state index is 0.0507. The fourth-order valence-electron chi connectivity index (χ4n) is 4.17. The predicted octanol–water partition coefficient (Wildman–Crippen LogP) is 7.15. The van der Waals surface area contributed by atoms with E-state index in [-0.39, 0.29) is 24.2 Å². The van der Waals surface area contributed by atoms with Gasteiger partial charge in [0.05, 0.1) is 0 Å². The predicted molar refractivity (Wildman–Crippen MR) is 154 cm³/mol. The van der Waals surface area contributed by atoms with Crippen LogP contribution in [0.5, 0.6) is 5.75 Å². The van der Waals surface area contributed by atoms with E-state index < -0.39 is 17.9 Å². The molecule has 0 spiro atoms. The third-order valence-corrected chi connectivity index (χ3v) is 7.40. The summed E-state index contributed by atoms with van der Waals surface area (Å²) in [7, 11) is 0. The van der Waals surface area contributed by atoms with Crippen LogP contribution in [0.4, 0.5) is 14.9 Å². The van der Waals surface area contributed by atoms with E-state index in [1.54, 1.807) is 24.3 Å². The molecule has 8 heteroatoms. The van der Waals surface area contributed by atoms with Crippen molar-refractivity contribution in [2.24, 2.45) is 11.8 Å². The van der Waals surface area contributed by atoms with E-state index in [2.05, 4.69) is 24.1 Å². The number of hydrogen-bond donors (Lipinski definition) is 2. The van der Waals surface area contributed by atoms with Gasteiger partial charge >= 0.3 is 6.09 Å². The Morgan fingerprint density at radius 1 is 1.23 bits per heavy atom. The molecule has 2 amide bonds. The van der Waals surface area contributed by atoms with Gasteiger partial charge in [-0.05, 0) is 61.4 Å². The molecule has 2 aromatic carbocycles. The van der Waals surface area contributed by atoms with Gasteiger partial charge in [0.1, 0.15) is 24.1 Å². The van der Waals surface area contributed by atoms with E-state index in [1.807, 2.05) is 39.0 Å². The largest absolute Gasteiger partial charge is 0.487 e. The van der Waals surface area contributed by atoms with Crippen LogP contribution in [0, 0.1) is 11.8 Å². The maximum Gasteiger partial charge on any atom is 0.411 e. The van der Waals surface area contributed by atoms with E-state index in [0.29, 0.717) is 35.8 Å². The average Bonchev–Trinajstić information content (AvgIpc) is 3.54. The Bertz CT molecular complexity index is 1240. The molecular weight excluding hydrogens is 511 g/mol. The van der Waals surface area contributed by atoms with Gasteiger partial charge in [-0.3, -0.25) is 14.9 Å². The number of aryl methyl sites for hydroxylation is 1. The number of Topliss-reactive ketones (excluding diaryl/α,β-unsaturated/α-hetero) is 1.